The molecule has 0 radical (unpaired) electrons. The van der Waals surface area contributed by atoms with Crippen LogP contribution in [0.3, 0.4) is 0 Å². The van der Waals surface area contributed by atoms with E-state index in [2.05, 4.69) is 41.2 Å². The summed E-state index contributed by atoms with van der Waals surface area (Å²) in [5.74, 6) is 0.620. The van der Waals surface area contributed by atoms with Gasteiger partial charge in [-0.15, -0.1) is 0 Å². The number of rotatable bonds is 5. The number of ether oxygens (including phenoxy) is 1. The van der Waals surface area contributed by atoms with Crippen molar-refractivity contribution in [3.8, 4) is 0 Å². The third kappa shape index (κ3) is 3.75. The number of halogens is 1. The van der Waals surface area contributed by atoms with Gasteiger partial charge in [0.25, 0.3) is 0 Å². The topological polar surface area (TPSA) is 72.2 Å². The van der Waals surface area contributed by atoms with Crippen LogP contribution in [0.15, 0.2) is 31.1 Å². The van der Waals surface area contributed by atoms with Crippen molar-refractivity contribution in [2.45, 2.75) is 45.0 Å². The lowest BCUT2D eigenvalue weighted by atomic mass is 10.1. The maximum absolute atomic E-state index is 14.0. The van der Waals surface area contributed by atoms with Crippen molar-refractivity contribution in [1.29, 1.82) is 0 Å². The molecule has 158 valence electrons. The van der Waals surface area contributed by atoms with Crippen LogP contribution in [-0.4, -0.2) is 67.8 Å². The van der Waals surface area contributed by atoms with Crippen molar-refractivity contribution >= 4 is 17.0 Å². The Morgan fingerprint density at radius 2 is 2.17 bits per heavy atom. The van der Waals surface area contributed by atoms with Crippen LogP contribution >= 0.6 is 0 Å². The largest absolute Gasteiger partial charge is 0.376 e. The first-order chi connectivity index (χ1) is 14.7. The fraction of sp³-hybridized carbons (Fsp3) is 0.524. The van der Waals surface area contributed by atoms with E-state index >= 15 is 0 Å². The molecule has 2 saturated heterocycles. The van der Waals surface area contributed by atoms with Gasteiger partial charge in [-0.3, -0.25) is 9.88 Å². The van der Waals surface area contributed by atoms with Gasteiger partial charge in [-0.25, -0.2) is 19.3 Å². The third-order valence-electron chi connectivity index (χ3n) is 6.10. The van der Waals surface area contributed by atoms with Gasteiger partial charge in [-0.05, 0) is 25.8 Å². The lowest BCUT2D eigenvalue weighted by Crippen LogP contribution is -2.51. The summed E-state index contributed by atoms with van der Waals surface area (Å²) in [5, 5.41) is 0. The fourth-order valence-corrected chi connectivity index (χ4v) is 4.41. The summed E-state index contributed by atoms with van der Waals surface area (Å²) in [7, 11) is 0. The number of anilines is 1. The molecule has 2 unspecified atom stereocenters. The molecule has 2 fully saturated rings. The highest BCUT2D eigenvalue weighted by atomic mass is 19.1. The van der Waals surface area contributed by atoms with Gasteiger partial charge >= 0.3 is 0 Å². The number of fused-ring (bicyclic) bond motifs is 1. The number of imidazole rings is 1. The normalized spacial score (nSPS) is 22.8. The smallest absolute Gasteiger partial charge is 0.165 e. The first-order valence-corrected chi connectivity index (χ1v) is 10.5. The molecule has 9 heteroatoms. The lowest BCUT2D eigenvalue weighted by molar-refractivity contribution is 0.0978. The Morgan fingerprint density at radius 3 is 2.97 bits per heavy atom. The van der Waals surface area contributed by atoms with E-state index < -0.39 is 0 Å². The van der Waals surface area contributed by atoms with Crippen LogP contribution in [0.1, 0.15) is 25.3 Å². The van der Waals surface area contributed by atoms with Gasteiger partial charge in [0.05, 0.1) is 25.2 Å². The maximum atomic E-state index is 14.0. The van der Waals surface area contributed by atoms with Crippen LogP contribution in [-0.2, 0) is 17.8 Å². The number of hydrogen-bond acceptors (Lipinski definition) is 7. The Kier molecular flexibility index (Phi) is 5.30. The molecule has 2 aliphatic rings. The van der Waals surface area contributed by atoms with E-state index in [1.807, 2.05) is 6.33 Å². The summed E-state index contributed by atoms with van der Waals surface area (Å²) >= 11 is 0. The average Bonchev–Trinajstić information content (AvgIpc) is 3.41. The first-order valence-electron chi connectivity index (χ1n) is 10.5. The molecule has 0 saturated carbocycles. The standard InChI is InChI=1S/C21H26FN7O/c1-15-10-28(7-6-27(15)11-16-4-5-23-9-18(16)22)20-19-21(25-13-24-20)29(14-26-19)12-17-3-2-8-30-17/h4-5,9,13-15,17H,2-3,6-8,10-12H2,1H3. The van der Waals surface area contributed by atoms with Gasteiger partial charge in [0.15, 0.2) is 17.0 Å². The zero-order valence-electron chi connectivity index (χ0n) is 17.1. The van der Waals surface area contributed by atoms with E-state index in [9.17, 15) is 4.39 Å². The predicted molar refractivity (Wildman–Crippen MR) is 111 cm³/mol. The number of nitrogens with zero attached hydrogens (tertiary/aromatic N) is 7. The van der Waals surface area contributed by atoms with Crippen molar-refractivity contribution < 1.29 is 9.13 Å². The second-order valence-electron chi connectivity index (χ2n) is 8.13. The Morgan fingerprint density at radius 1 is 1.23 bits per heavy atom. The van der Waals surface area contributed by atoms with E-state index in [0.717, 1.165) is 62.6 Å². The maximum Gasteiger partial charge on any atom is 0.165 e. The Labute approximate surface area is 174 Å². The summed E-state index contributed by atoms with van der Waals surface area (Å²) in [6.45, 7) is 6.79. The molecule has 5 heterocycles. The van der Waals surface area contributed by atoms with Crippen LogP contribution in [0.25, 0.3) is 11.2 Å². The zero-order valence-corrected chi connectivity index (χ0v) is 17.1. The van der Waals surface area contributed by atoms with Gasteiger partial charge in [0.1, 0.15) is 12.1 Å². The molecular formula is C21H26FN7O. The highest BCUT2D eigenvalue weighted by Gasteiger charge is 2.27. The van der Waals surface area contributed by atoms with E-state index in [4.69, 9.17) is 4.74 Å². The monoisotopic (exact) mass is 411 g/mol. The second-order valence-corrected chi connectivity index (χ2v) is 8.13. The highest BCUT2D eigenvalue weighted by Crippen LogP contribution is 2.26. The van der Waals surface area contributed by atoms with Crippen molar-refractivity contribution in [3.63, 3.8) is 0 Å². The lowest BCUT2D eigenvalue weighted by Gasteiger charge is -2.40. The fourth-order valence-electron chi connectivity index (χ4n) is 4.41. The zero-order chi connectivity index (χ0) is 20.5. The number of piperazine rings is 1. The van der Waals surface area contributed by atoms with Gasteiger partial charge in [0, 0.05) is 50.6 Å². The van der Waals surface area contributed by atoms with Crippen LogP contribution in [0, 0.1) is 5.82 Å². The molecule has 8 nitrogen and oxygen atoms in total. The summed E-state index contributed by atoms with van der Waals surface area (Å²) in [4.78, 5) is 22.1. The van der Waals surface area contributed by atoms with Crippen molar-refractivity contribution in [1.82, 2.24) is 29.4 Å². The van der Waals surface area contributed by atoms with Crippen LogP contribution < -0.4 is 4.90 Å². The molecule has 3 aromatic rings. The molecule has 0 spiro atoms. The van der Waals surface area contributed by atoms with Gasteiger partial charge in [-0.2, -0.15) is 0 Å². The minimum absolute atomic E-state index is 0.234. The molecule has 30 heavy (non-hydrogen) atoms. The SMILES string of the molecule is CC1CN(c2ncnc3c2ncn3CC2CCCO2)CCN1Cc1ccncc1F. The van der Waals surface area contributed by atoms with Gasteiger partial charge < -0.3 is 14.2 Å². The minimum atomic E-state index is -0.249. The van der Waals surface area contributed by atoms with Crippen molar-refractivity contribution in [2.75, 3.05) is 31.1 Å². The number of pyridine rings is 1. The summed E-state index contributed by atoms with van der Waals surface area (Å²) in [6, 6.07) is 2.01. The molecule has 2 aliphatic heterocycles. The Bertz CT molecular complexity index is 1020. The molecule has 2 atom stereocenters. The van der Waals surface area contributed by atoms with E-state index in [1.54, 1.807) is 18.6 Å². The summed E-state index contributed by atoms with van der Waals surface area (Å²) in [5.41, 5.74) is 2.36. The van der Waals surface area contributed by atoms with Gasteiger partial charge in [0.2, 0.25) is 0 Å². The molecular weight excluding hydrogens is 385 g/mol. The van der Waals surface area contributed by atoms with E-state index in [1.165, 1.54) is 6.20 Å². The molecule has 0 amide bonds. The number of aromatic nitrogens is 5. The van der Waals surface area contributed by atoms with Crippen LogP contribution in [0.2, 0.25) is 0 Å². The summed E-state index contributed by atoms with van der Waals surface area (Å²) in [6.07, 6.45) is 8.81. The number of hydrogen-bond donors (Lipinski definition) is 0. The molecule has 0 aromatic carbocycles. The molecule has 3 aromatic heterocycles. The second kappa shape index (κ2) is 8.23. The van der Waals surface area contributed by atoms with Gasteiger partial charge in [-0.1, -0.05) is 0 Å². The summed E-state index contributed by atoms with van der Waals surface area (Å²) < 4.78 is 21.8. The molecule has 0 bridgehead atoms. The van der Waals surface area contributed by atoms with E-state index in [0.29, 0.717) is 12.1 Å². The predicted octanol–water partition coefficient (Wildman–Crippen LogP) is 2.25. The Balaban J connectivity index is 1.31. The molecule has 5 rings (SSSR count). The highest BCUT2D eigenvalue weighted by molar-refractivity contribution is 5.83. The third-order valence-corrected chi connectivity index (χ3v) is 6.10. The van der Waals surface area contributed by atoms with Crippen molar-refractivity contribution in [3.05, 3.63) is 42.5 Å². The van der Waals surface area contributed by atoms with E-state index in [-0.39, 0.29) is 18.0 Å². The average molecular weight is 411 g/mol. The molecule has 0 N–H and O–H groups in total. The molecule has 0 aliphatic carbocycles. The quantitative estimate of drug-likeness (QED) is 0.638. The van der Waals surface area contributed by atoms with Crippen LogP contribution in [0.5, 0.6) is 0 Å². The minimum Gasteiger partial charge on any atom is -0.376 e. The first kappa shape index (κ1) is 19.3. The Hall–Kier alpha value is -2.65. The van der Waals surface area contributed by atoms with Crippen LogP contribution in [0.4, 0.5) is 10.2 Å². The van der Waals surface area contributed by atoms with Crippen molar-refractivity contribution in [2.24, 2.45) is 0 Å².